The summed E-state index contributed by atoms with van der Waals surface area (Å²) in [6.45, 7) is 1.63. The SMILES string of the molecule is CCN(C(=O)CN1C(=O)c2ccccc2S1(=O)=O)c1cccc2ccccc12. The molecule has 0 unspecified atom stereocenters. The van der Waals surface area contributed by atoms with Crippen LogP contribution < -0.4 is 4.90 Å². The lowest BCUT2D eigenvalue weighted by Crippen LogP contribution is -2.42. The van der Waals surface area contributed by atoms with Crippen LogP contribution in [0.2, 0.25) is 0 Å². The molecule has 3 aromatic rings. The highest BCUT2D eigenvalue weighted by molar-refractivity contribution is 7.90. The first-order valence-electron chi connectivity index (χ1n) is 8.89. The van der Waals surface area contributed by atoms with E-state index in [1.54, 1.807) is 12.1 Å². The van der Waals surface area contributed by atoms with E-state index in [-0.39, 0.29) is 10.5 Å². The zero-order valence-corrected chi connectivity index (χ0v) is 16.0. The van der Waals surface area contributed by atoms with Gasteiger partial charge in [-0.1, -0.05) is 48.5 Å². The van der Waals surface area contributed by atoms with Gasteiger partial charge < -0.3 is 4.90 Å². The molecule has 1 heterocycles. The van der Waals surface area contributed by atoms with Crippen molar-refractivity contribution in [3.8, 4) is 0 Å². The van der Waals surface area contributed by atoms with Crippen molar-refractivity contribution in [2.75, 3.05) is 18.0 Å². The summed E-state index contributed by atoms with van der Waals surface area (Å²) in [5.41, 5.74) is 0.788. The van der Waals surface area contributed by atoms with Gasteiger partial charge in [0, 0.05) is 11.9 Å². The maximum Gasteiger partial charge on any atom is 0.269 e. The van der Waals surface area contributed by atoms with E-state index < -0.39 is 28.4 Å². The predicted octanol–water partition coefficient (Wildman–Crippen LogP) is 3.04. The van der Waals surface area contributed by atoms with Gasteiger partial charge >= 0.3 is 0 Å². The molecule has 0 saturated carbocycles. The van der Waals surface area contributed by atoms with Gasteiger partial charge in [-0.25, -0.2) is 12.7 Å². The van der Waals surface area contributed by atoms with Gasteiger partial charge in [-0.05, 0) is 30.5 Å². The molecule has 0 N–H and O–H groups in total. The number of likely N-dealkylation sites (N-methyl/N-ethyl adjacent to an activating group) is 1. The molecule has 0 aliphatic carbocycles. The van der Waals surface area contributed by atoms with Gasteiger partial charge in [0.2, 0.25) is 5.91 Å². The smallest absolute Gasteiger partial charge is 0.269 e. The molecule has 0 radical (unpaired) electrons. The summed E-state index contributed by atoms with van der Waals surface area (Å²) >= 11 is 0. The number of benzene rings is 3. The van der Waals surface area contributed by atoms with Gasteiger partial charge in [0.25, 0.3) is 15.9 Å². The molecule has 0 atom stereocenters. The molecule has 7 heteroatoms. The van der Waals surface area contributed by atoms with E-state index in [2.05, 4.69) is 0 Å². The summed E-state index contributed by atoms with van der Waals surface area (Å²) < 4.78 is 26.1. The number of rotatable bonds is 4. The van der Waals surface area contributed by atoms with Crippen LogP contribution in [-0.4, -0.2) is 37.6 Å². The Morgan fingerprint density at radius 1 is 0.964 bits per heavy atom. The summed E-state index contributed by atoms with van der Waals surface area (Å²) in [7, 11) is -4.02. The summed E-state index contributed by atoms with van der Waals surface area (Å²) in [6, 6.07) is 19.3. The van der Waals surface area contributed by atoms with Crippen LogP contribution >= 0.6 is 0 Å². The summed E-state index contributed by atoms with van der Waals surface area (Å²) in [5, 5.41) is 1.86. The third-order valence-corrected chi connectivity index (χ3v) is 6.65. The van der Waals surface area contributed by atoms with Crippen LogP contribution in [0.3, 0.4) is 0 Å². The minimum absolute atomic E-state index is 0.0546. The molecular weight excluding hydrogens is 376 g/mol. The van der Waals surface area contributed by atoms with Crippen molar-refractivity contribution >= 4 is 38.3 Å². The largest absolute Gasteiger partial charge is 0.311 e. The highest BCUT2D eigenvalue weighted by Gasteiger charge is 2.42. The number of carbonyl (C=O) groups excluding carboxylic acids is 2. The van der Waals surface area contributed by atoms with Gasteiger partial charge in [-0.2, -0.15) is 0 Å². The number of hydrogen-bond acceptors (Lipinski definition) is 4. The van der Waals surface area contributed by atoms with E-state index >= 15 is 0 Å². The fourth-order valence-electron chi connectivity index (χ4n) is 3.52. The fraction of sp³-hybridized carbons (Fsp3) is 0.143. The van der Waals surface area contributed by atoms with E-state index in [0.717, 1.165) is 10.8 Å². The van der Waals surface area contributed by atoms with Crippen molar-refractivity contribution in [2.24, 2.45) is 0 Å². The third-order valence-electron chi connectivity index (χ3n) is 4.87. The molecule has 0 bridgehead atoms. The average Bonchev–Trinajstić information content (AvgIpc) is 2.90. The topological polar surface area (TPSA) is 74.8 Å². The van der Waals surface area contributed by atoms with Crippen LogP contribution in [0, 0.1) is 0 Å². The fourth-order valence-corrected chi connectivity index (χ4v) is 5.04. The molecule has 2 amide bonds. The second-order valence-electron chi connectivity index (χ2n) is 6.45. The second-order valence-corrected chi connectivity index (χ2v) is 8.28. The third kappa shape index (κ3) is 2.75. The van der Waals surface area contributed by atoms with Gasteiger partial charge in [0.1, 0.15) is 11.4 Å². The summed E-state index contributed by atoms with van der Waals surface area (Å²) in [4.78, 5) is 27.1. The standard InChI is InChI=1S/C21H18N2O4S/c1-2-22(18-12-7-9-15-8-3-4-10-16(15)18)20(24)14-23-21(25)17-11-5-6-13-19(17)28(23,26)27/h3-13H,2,14H2,1H3. The second kappa shape index (κ2) is 6.76. The van der Waals surface area contributed by atoms with E-state index in [0.29, 0.717) is 16.5 Å². The Morgan fingerprint density at radius 2 is 1.64 bits per heavy atom. The zero-order chi connectivity index (χ0) is 19.9. The van der Waals surface area contributed by atoms with Gasteiger partial charge in [-0.3, -0.25) is 9.59 Å². The molecule has 0 saturated heterocycles. The molecule has 3 aromatic carbocycles. The lowest BCUT2D eigenvalue weighted by molar-refractivity contribution is -0.118. The number of nitrogens with zero attached hydrogens (tertiary/aromatic N) is 2. The molecule has 0 spiro atoms. The van der Waals surface area contributed by atoms with Crippen LogP contribution in [-0.2, 0) is 14.8 Å². The first-order chi connectivity index (χ1) is 13.4. The molecule has 6 nitrogen and oxygen atoms in total. The molecule has 1 aliphatic rings. The van der Waals surface area contributed by atoms with Crippen LogP contribution in [0.25, 0.3) is 10.8 Å². The number of carbonyl (C=O) groups is 2. The first-order valence-corrected chi connectivity index (χ1v) is 10.3. The molecule has 142 valence electrons. The van der Waals surface area contributed by atoms with Crippen LogP contribution in [0.5, 0.6) is 0 Å². The number of fused-ring (bicyclic) bond motifs is 2. The maximum atomic E-state index is 13.0. The number of amides is 2. The first kappa shape index (κ1) is 18.2. The lowest BCUT2D eigenvalue weighted by Gasteiger charge is -2.25. The van der Waals surface area contributed by atoms with Gasteiger partial charge in [0.15, 0.2) is 0 Å². The van der Waals surface area contributed by atoms with Crippen molar-refractivity contribution in [1.82, 2.24) is 4.31 Å². The summed E-state index contributed by atoms with van der Waals surface area (Å²) in [6.07, 6.45) is 0. The van der Waals surface area contributed by atoms with E-state index in [9.17, 15) is 18.0 Å². The van der Waals surface area contributed by atoms with Crippen molar-refractivity contribution in [3.05, 3.63) is 72.3 Å². The van der Waals surface area contributed by atoms with Crippen molar-refractivity contribution < 1.29 is 18.0 Å². The van der Waals surface area contributed by atoms with Gasteiger partial charge in [-0.15, -0.1) is 0 Å². The predicted molar refractivity (Wildman–Crippen MR) is 107 cm³/mol. The number of hydrogen-bond donors (Lipinski definition) is 0. The number of sulfonamides is 1. The maximum absolute atomic E-state index is 13.0. The van der Waals surface area contributed by atoms with Crippen molar-refractivity contribution in [2.45, 2.75) is 11.8 Å². The van der Waals surface area contributed by atoms with E-state index in [1.807, 2.05) is 49.4 Å². The quantitative estimate of drug-likeness (QED) is 0.682. The van der Waals surface area contributed by atoms with Gasteiger partial charge in [0.05, 0.1) is 11.3 Å². The van der Waals surface area contributed by atoms with Crippen LogP contribution in [0.15, 0.2) is 71.6 Å². The normalized spacial score (nSPS) is 14.9. The average molecular weight is 394 g/mol. The molecule has 1 aliphatic heterocycles. The van der Waals surface area contributed by atoms with E-state index in [4.69, 9.17) is 0 Å². The van der Waals surface area contributed by atoms with Crippen LogP contribution in [0.1, 0.15) is 17.3 Å². The highest BCUT2D eigenvalue weighted by atomic mass is 32.2. The van der Waals surface area contributed by atoms with Crippen molar-refractivity contribution in [3.63, 3.8) is 0 Å². The Hall–Kier alpha value is -3.19. The Balaban J connectivity index is 1.69. The van der Waals surface area contributed by atoms with E-state index in [1.165, 1.54) is 17.0 Å². The minimum atomic E-state index is -4.02. The Kier molecular flexibility index (Phi) is 4.39. The Bertz CT molecular complexity index is 1200. The molecule has 4 rings (SSSR count). The minimum Gasteiger partial charge on any atom is -0.311 e. The molecular formula is C21H18N2O4S. The lowest BCUT2D eigenvalue weighted by atomic mass is 10.1. The van der Waals surface area contributed by atoms with Crippen molar-refractivity contribution in [1.29, 1.82) is 0 Å². The number of anilines is 1. The zero-order valence-electron chi connectivity index (χ0n) is 15.2. The highest BCUT2D eigenvalue weighted by Crippen LogP contribution is 2.31. The van der Waals surface area contributed by atoms with Crippen LogP contribution in [0.4, 0.5) is 5.69 Å². The Morgan fingerprint density at radius 3 is 2.39 bits per heavy atom. The Labute approximate surface area is 163 Å². The molecule has 28 heavy (non-hydrogen) atoms. The monoisotopic (exact) mass is 394 g/mol. The molecule has 0 aromatic heterocycles. The summed E-state index contributed by atoms with van der Waals surface area (Å²) in [5.74, 6) is -1.12. The molecule has 0 fully saturated rings.